The van der Waals surface area contributed by atoms with Crippen molar-refractivity contribution < 1.29 is 4.79 Å². The van der Waals surface area contributed by atoms with Crippen molar-refractivity contribution in [3.8, 4) is 11.3 Å². The summed E-state index contributed by atoms with van der Waals surface area (Å²) >= 11 is 0. The number of aromatic nitrogens is 3. The lowest BCUT2D eigenvalue weighted by molar-refractivity contribution is -0.132. The second-order valence-corrected chi connectivity index (χ2v) is 6.66. The molecule has 4 rings (SSSR count). The first-order valence-corrected chi connectivity index (χ1v) is 9.26. The summed E-state index contributed by atoms with van der Waals surface area (Å²) in [5.74, 6) is 0.862. The Morgan fingerprint density at radius 3 is 2.39 bits per heavy atom. The van der Waals surface area contributed by atoms with Crippen molar-refractivity contribution in [1.82, 2.24) is 19.4 Å². The van der Waals surface area contributed by atoms with E-state index in [2.05, 4.69) is 14.9 Å². The van der Waals surface area contributed by atoms with E-state index in [0.29, 0.717) is 18.8 Å². The van der Waals surface area contributed by atoms with Crippen LogP contribution in [0.15, 0.2) is 71.9 Å². The average Bonchev–Trinajstić information content (AvgIpc) is 2.76. The molecular weight excluding hydrogens is 354 g/mol. The Hall–Kier alpha value is -3.48. The highest BCUT2D eigenvalue weighted by molar-refractivity contribution is 5.76. The fourth-order valence-corrected chi connectivity index (χ4v) is 3.30. The third-order valence-electron chi connectivity index (χ3n) is 4.86. The fraction of sp³-hybridized carbons (Fsp3) is 0.238. The Morgan fingerprint density at radius 2 is 1.68 bits per heavy atom. The van der Waals surface area contributed by atoms with Crippen LogP contribution in [-0.4, -0.2) is 51.5 Å². The summed E-state index contributed by atoms with van der Waals surface area (Å²) in [5, 5.41) is 0. The van der Waals surface area contributed by atoms with E-state index >= 15 is 0 Å². The van der Waals surface area contributed by atoms with E-state index in [1.54, 1.807) is 17.3 Å². The minimum Gasteiger partial charge on any atom is -0.353 e. The first-order chi connectivity index (χ1) is 13.7. The highest BCUT2D eigenvalue weighted by atomic mass is 16.2. The van der Waals surface area contributed by atoms with E-state index in [-0.39, 0.29) is 18.0 Å². The van der Waals surface area contributed by atoms with E-state index < -0.39 is 0 Å². The Labute approximate surface area is 162 Å². The molecule has 2 aromatic heterocycles. The van der Waals surface area contributed by atoms with Crippen molar-refractivity contribution in [1.29, 1.82) is 0 Å². The summed E-state index contributed by atoms with van der Waals surface area (Å²) < 4.78 is 1.43. The summed E-state index contributed by atoms with van der Waals surface area (Å²) in [5.41, 5.74) is 1.31. The Balaban J connectivity index is 1.42. The molecule has 1 fully saturated rings. The lowest BCUT2D eigenvalue weighted by Gasteiger charge is -2.35. The zero-order chi connectivity index (χ0) is 19.3. The monoisotopic (exact) mass is 375 g/mol. The summed E-state index contributed by atoms with van der Waals surface area (Å²) in [4.78, 5) is 37.4. The number of hydrogen-bond donors (Lipinski definition) is 0. The molecule has 0 atom stereocenters. The molecule has 1 aliphatic heterocycles. The number of piperazine rings is 1. The number of carbonyl (C=O) groups is 1. The van der Waals surface area contributed by atoms with Crippen LogP contribution in [0.3, 0.4) is 0 Å². The van der Waals surface area contributed by atoms with Crippen LogP contribution in [0.1, 0.15) is 0 Å². The summed E-state index contributed by atoms with van der Waals surface area (Å²) in [6.45, 7) is 2.69. The normalized spacial score (nSPS) is 14.1. The zero-order valence-corrected chi connectivity index (χ0v) is 15.4. The summed E-state index contributed by atoms with van der Waals surface area (Å²) in [7, 11) is 0. The van der Waals surface area contributed by atoms with Gasteiger partial charge in [0, 0.05) is 44.1 Å². The maximum atomic E-state index is 12.7. The standard InChI is InChI=1S/C21H21N5O2/c27-20-14-23-18(17-6-2-1-3-7-17)15-26(20)16-21(28)25-12-10-24(11-13-25)19-8-4-5-9-22-19/h1-9,14-15H,10-13,16H2. The van der Waals surface area contributed by atoms with Gasteiger partial charge in [-0.3, -0.25) is 9.59 Å². The minimum atomic E-state index is -0.278. The molecular formula is C21H21N5O2. The van der Waals surface area contributed by atoms with Crippen molar-refractivity contribution in [2.24, 2.45) is 0 Å². The third kappa shape index (κ3) is 3.93. The molecule has 3 heterocycles. The van der Waals surface area contributed by atoms with Gasteiger partial charge in [0.1, 0.15) is 12.4 Å². The molecule has 0 spiro atoms. The molecule has 142 valence electrons. The highest BCUT2D eigenvalue weighted by Gasteiger charge is 2.22. The largest absolute Gasteiger partial charge is 0.353 e. The van der Waals surface area contributed by atoms with Crippen LogP contribution in [0.25, 0.3) is 11.3 Å². The molecule has 7 heteroatoms. The summed E-state index contributed by atoms with van der Waals surface area (Å²) in [6, 6.07) is 15.4. The number of amides is 1. The zero-order valence-electron chi connectivity index (χ0n) is 15.4. The molecule has 1 saturated heterocycles. The van der Waals surface area contributed by atoms with Crippen LogP contribution in [-0.2, 0) is 11.3 Å². The van der Waals surface area contributed by atoms with Crippen molar-refractivity contribution in [2.45, 2.75) is 6.54 Å². The Bertz CT molecular complexity index is 996. The van der Waals surface area contributed by atoms with E-state index in [1.807, 2.05) is 48.5 Å². The summed E-state index contributed by atoms with van der Waals surface area (Å²) in [6.07, 6.45) is 4.70. The smallest absolute Gasteiger partial charge is 0.269 e. The van der Waals surface area contributed by atoms with Crippen molar-refractivity contribution >= 4 is 11.7 Å². The molecule has 28 heavy (non-hydrogen) atoms. The molecule has 1 aliphatic rings. The SMILES string of the molecule is O=C(Cn1cc(-c2ccccc2)ncc1=O)N1CCN(c2ccccn2)CC1. The number of rotatable bonds is 4. The predicted molar refractivity (Wildman–Crippen MR) is 107 cm³/mol. The minimum absolute atomic E-state index is 0.0186. The molecule has 7 nitrogen and oxygen atoms in total. The Kier molecular flexibility index (Phi) is 5.14. The maximum Gasteiger partial charge on any atom is 0.269 e. The number of carbonyl (C=O) groups excluding carboxylic acids is 1. The Morgan fingerprint density at radius 1 is 0.929 bits per heavy atom. The van der Waals surface area contributed by atoms with E-state index in [0.717, 1.165) is 24.5 Å². The van der Waals surface area contributed by atoms with E-state index in [4.69, 9.17) is 0 Å². The van der Waals surface area contributed by atoms with Gasteiger partial charge in [0.05, 0.1) is 11.9 Å². The number of hydrogen-bond acceptors (Lipinski definition) is 5. The molecule has 3 aromatic rings. The van der Waals surface area contributed by atoms with Gasteiger partial charge in [0.2, 0.25) is 5.91 Å². The van der Waals surface area contributed by atoms with Gasteiger partial charge in [-0.05, 0) is 12.1 Å². The van der Waals surface area contributed by atoms with Crippen molar-refractivity contribution in [3.05, 3.63) is 77.5 Å². The topological polar surface area (TPSA) is 71.3 Å². The van der Waals surface area contributed by atoms with Crippen LogP contribution in [0.2, 0.25) is 0 Å². The van der Waals surface area contributed by atoms with Gasteiger partial charge in [-0.2, -0.15) is 0 Å². The third-order valence-corrected chi connectivity index (χ3v) is 4.86. The molecule has 0 bridgehead atoms. The predicted octanol–water partition coefficient (Wildman–Crippen LogP) is 1.65. The molecule has 0 aliphatic carbocycles. The number of anilines is 1. The number of benzene rings is 1. The highest BCUT2D eigenvalue weighted by Crippen LogP contribution is 2.15. The molecule has 0 N–H and O–H groups in total. The van der Waals surface area contributed by atoms with Gasteiger partial charge >= 0.3 is 0 Å². The first-order valence-electron chi connectivity index (χ1n) is 9.26. The molecule has 0 saturated carbocycles. The number of nitrogens with zero attached hydrogens (tertiary/aromatic N) is 5. The lowest BCUT2D eigenvalue weighted by atomic mass is 10.2. The van der Waals surface area contributed by atoms with Crippen LogP contribution in [0, 0.1) is 0 Å². The second kappa shape index (κ2) is 8.04. The maximum absolute atomic E-state index is 12.7. The van der Waals surface area contributed by atoms with Crippen LogP contribution in [0.5, 0.6) is 0 Å². The van der Waals surface area contributed by atoms with Crippen molar-refractivity contribution in [3.63, 3.8) is 0 Å². The van der Waals surface area contributed by atoms with Crippen LogP contribution in [0.4, 0.5) is 5.82 Å². The molecule has 1 amide bonds. The molecule has 0 unspecified atom stereocenters. The van der Waals surface area contributed by atoms with E-state index in [9.17, 15) is 9.59 Å². The molecule has 0 radical (unpaired) electrons. The van der Waals surface area contributed by atoms with Gasteiger partial charge in [-0.25, -0.2) is 9.97 Å². The van der Waals surface area contributed by atoms with Crippen LogP contribution < -0.4 is 10.5 Å². The number of pyridine rings is 1. The quantitative estimate of drug-likeness (QED) is 0.694. The lowest BCUT2D eigenvalue weighted by Crippen LogP contribution is -2.50. The van der Waals surface area contributed by atoms with Gasteiger partial charge in [-0.1, -0.05) is 36.4 Å². The van der Waals surface area contributed by atoms with Gasteiger partial charge in [0.25, 0.3) is 5.56 Å². The molecule has 1 aromatic carbocycles. The van der Waals surface area contributed by atoms with Crippen molar-refractivity contribution in [2.75, 3.05) is 31.1 Å². The second-order valence-electron chi connectivity index (χ2n) is 6.66. The average molecular weight is 375 g/mol. The van der Waals surface area contributed by atoms with Gasteiger partial charge in [0.15, 0.2) is 0 Å². The first kappa shape index (κ1) is 17.9. The van der Waals surface area contributed by atoms with Crippen LogP contribution >= 0.6 is 0 Å². The fourth-order valence-electron chi connectivity index (χ4n) is 3.30. The van der Waals surface area contributed by atoms with Gasteiger partial charge < -0.3 is 14.4 Å². The van der Waals surface area contributed by atoms with Gasteiger partial charge in [-0.15, -0.1) is 0 Å². The van der Waals surface area contributed by atoms with E-state index in [1.165, 1.54) is 10.8 Å².